The fraction of sp³-hybridized carbons (Fsp3) is 0.200. The third kappa shape index (κ3) is 2.99. The Labute approximate surface area is 150 Å². The van der Waals surface area contributed by atoms with E-state index in [9.17, 15) is 4.39 Å². The number of aromatic nitrogens is 4. The van der Waals surface area contributed by atoms with Crippen molar-refractivity contribution in [2.24, 2.45) is 0 Å². The molecule has 0 fully saturated rings. The number of pyridine rings is 1. The second-order valence-electron chi connectivity index (χ2n) is 6.09. The van der Waals surface area contributed by atoms with Gasteiger partial charge in [-0.2, -0.15) is 0 Å². The zero-order valence-electron chi connectivity index (χ0n) is 14.4. The van der Waals surface area contributed by atoms with E-state index in [4.69, 9.17) is 4.74 Å². The van der Waals surface area contributed by atoms with Crippen LogP contribution in [0.4, 0.5) is 4.39 Å². The summed E-state index contributed by atoms with van der Waals surface area (Å²) in [6, 6.07) is 10.4. The van der Waals surface area contributed by atoms with Crippen LogP contribution in [0.3, 0.4) is 0 Å². The van der Waals surface area contributed by atoms with E-state index < -0.39 is 0 Å². The standard InChI is InChI=1S/C20H19FN4O/c1-26-12-2-11-25-13-24-18(14-3-5-15(21)6-4-14)19(25)16-7-9-22-20-17(16)8-10-23-20/h3-10,13H,2,11-12H2,1H3,(H,22,23). The molecule has 0 unspecified atom stereocenters. The summed E-state index contributed by atoms with van der Waals surface area (Å²) >= 11 is 0. The van der Waals surface area contributed by atoms with Gasteiger partial charge < -0.3 is 14.3 Å². The molecule has 1 aromatic carbocycles. The van der Waals surface area contributed by atoms with Gasteiger partial charge >= 0.3 is 0 Å². The summed E-state index contributed by atoms with van der Waals surface area (Å²) in [5.74, 6) is -0.258. The van der Waals surface area contributed by atoms with Gasteiger partial charge in [-0.05, 0) is 42.8 Å². The number of H-pyrrole nitrogens is 1. The summed E-state index contributed by atoms with van der Waals surface area (Å²) < 4.78 is 20.7. The van der Waals surface area contributed by atoms with Crippen LogP contribution in [0.5, 0.6) is 0 Å². The predicted molar refractivity (Wildman–Crippen MR) is 99.2 cm³/mol. The smallest absolute Gasteiger partial charge is 0.137 e. The predicted octanol–water partition coefficient (Wildman–Crippen LogP) is 4.27. The third-order valence-corrected chi connectivity index (χ3v) is 4.42. The molecule has 5 nitrogen and oxygen atoms in total. The molecule has 0 aliphatic carbocycles. The number of fused-ring (bicyclic) bond motifs is 1. The highest BCUT2D eigenvalue weighted by molar-refractivity contribution is 5.95. The molecule has 0 saturated carbocycles. The maximum absolute atomic E-state index is 13.4. The van der Waals surface area contributed by atoms with Gasteiger partial charge in [0, 0.05) is 49.2 Å². The summed E-state index contributed by atoms with van der Waals surface area (Å²) in [5.41, 5.74) is 4.59. The second-order valence-corrected chi connectivity index (χ2v) is 6.09. The quantitative estimate of drug-likeness (QED) is 0.528. The van der Waals surface area contributed by atoms with Crippen molar-refractivity contribution in [3.8, 4) is 22.5 Å². The zero-order valence-corrected chi connectivity index (χ0v) is 14.4. The number of rotatable bonds is 6. The topological polar surface area (TPSA) is 55.7 Å². The Bertz CT molecular complexity index is 1020. The molecule has 26 heavy (non-hydrogen) atoms. The van der Waals surface area contributed by atoms with Crippen molar-refractivity contribution in [3.05, 3.63) is 60.9 Å². The van der Waals surface area contributed by atoms with E-state index in [1.54, 1.807) is 25.4 Å². The molecule has 0 amide bonds. The number of hydrogen-bond acceptors (Lipinski definition) is 3. The number of ether oxygens (including phenoxy) is 1. The van der Waals surface area contributed by atoms with Crippen LogP contribution in [0.15, 0.2) is 55.1 Å². The van der Waals surface area contributed by atoms with Gasteiger partial charge in [0.2, 0.25) is 0 Å². The Hall–Kier alpha value is -2.99. The lowest BCUT2D eigenvalue weighted by atomic mass is 10.0. The summed E-state index contributed by atoms with van der Waals surface area (Å²) in [5, 5.41) is 1.03. The normalized spacial score (nSPS) is 11.3. The maximum Gasteiger partial charge on any atom is 0.137 e. The number of aryl methyl sites for hydroxylation is 1. The largest absolute Gasteiger partial charge is 0.385 e. The Balaban J connectivity index is 1.88. The first kappa shape index (κ1) is 16.5. The van der Waals surface area contributed by atoms with Crippen LogP contribution < -0.4 is 0 Å². The van der Waals surface area contributed by atoms with E-state index in [1.165, 1.54) is 12.1 Å². The zero-order chi connectivity index (χ0) is 17.9. The monoisotopic (exact) mass is 350 g/mol. The summed E-state index contributed by atoms with van der Waals surface area (Å²) in [6.45, 7) is 1.46. The minimum atomic E-state index is -0.258. The van der Waals surface area contributed by atoms with Crippen molar-refractivity contribution in [2.45, 2.75) is 13.0 Å². The van der Waals surface area contributed by atoms with Crippen LogP contribution >= 0.6 is 0 Å². The molecule has 0 saturated heterocycles. The number of nitrogens with one attached hydrogen (secondary N) is 1. The Morgan fingerprint density at radius 1 is 1.12 bits per heavy atom. The van der Waals surface area contributed by atoms with E-state index in [1.807, 2.05) is 24.7 Å². The molecule has 0 spiro atoms. The molecule has 4 rings (SSSR count). The van der Waals surface area contributed by atoms with Crippen LogP contribution in [0.1, 0.15) is 6.42 Å². The average molecular weight is 350 g/mol. The van der Waals surface area contributed by atoms with Crippen molar-refractivity contribution >= 4 is 11.0 Å². The van der Waals surface area contributed by atoms with Gasteiger partial charge in [-0.15, -0.1) is 0 Å². The molecule has 0 radical (unpaired) electrons. The Morgan fingerprint density at radius 3 is 2.77 bits per heavy atom. The van der Waals surface area contributed by atoms with E-state index >= 15 is 0 Å². The van der Waals surface area contributed by atoms with Crippen molar-refractivity contribution in [2.75, 3.05) is 13.7 Å². The molecular weight excluding hydrogens is 331 g/mol. The molecule has 4 aromatic rings. The number of imidazole rings is 1. The summed E-state index contributed by atoms with van der Waals surface area (Å²) in [6.07, 6.45) is 6.38. The first-order chi connectivity index (χ1) is 12.8. The lowest BCUT2D eigenvalue weighted by Gasteiger charge is -2.11. The highest BCUT2D eigenvalue weighted by Gasteiger charge is 2.17. The van der Waals surface area contributed by atoms with Crippen LogP contribution in [-0.2, 0) is 11.3 Å². The molecule has 0 atom stereocenters. The molecule has 0 aliphatic rings. The molecule has 1 N–H and O–H groups in total. The summed E-state index contributed by atoms with van der Waals surface area (Å²) in [7, 11) is 1.70. The SMILES string of the molecule is COCCCn1cnc(-c2ccc(F)cc2)c1-c1ccnc2[nH]ccc12. The molecule has 3 aromatic heterocycles. The minimum absolute atomic E-state index is 0.258. The van der Waals surface area contributed by atoms with Gasteiger partial charge in [0.25, 0.3) is 0 Å². The van der Waals surface area contributed by atoms with E-state index in [-0.39, 0.29) is 5.82 Å². The highest BCUT2D eigenvalue weighted by Crippen LogP contribution is 2.35. The van der Waals surface area contributed by atoms with E-state index in [0.29, 0.717) is 6.61 Å². The third-order valence-electron chi connectivity index (χ3n) is 4.42. The first-order valence-electron chi connectivity index (χ1n) is 8.50. The number of aromatic amines is 1. The molecule has 0 aliphatic heterocycles. The highest BCUT2D eigenvalue weighted by atomic mass is 19.1. The summed E-state index contributed by atoms with van der Waals surface area (Å²) in [4.78, 5) is 12.2. The average Bonchev–Trinajstić information content (AvgIpc) is 3.29. The van der Waals surface area contributed by atoms with Crippen LogP contribution in [0, 0.1) is 5.82 Å². The van der Waals surface area contributed by atoms with Gasteiger partial charge in [-0.3, -0.25) is 0 Å². The van der Waals surface area contributed by atoms with Crippen molar-refractivity contribution in [1.29, 1.82) is 0 Å². The van der Waals surface area contributed by atoms with Crippen molar-refractivity contribution < 1.29 is 9.13 Å². The molecule has 6 heteroatoms. The lowest BCUT2D eigenvalue weighted by Crippen LogP contribution is -2.03. The molecule has 132 valence electrons. The van der Waals surface area contributed by atoms with Gasteiger partial charge in [-0.25, -0.2) is 14.4 Å². The fourth-order valence-corrected chi connectivity index (χ4v) is 3.20. The first-order valence-corrected chi connectivity index (χ1v) is 8.50. The Morgan fingerprint density at radius 2 is 1.96 bits per heavy atom. The van der Waals surface area contributed by atoms with Crippen molar-refractivity contribution in [1.82, 2.24) is 19.5 Å². The second kappa shape index (κ2) is 7.09. The lowest BCUT2D eigenvalue weighted by molar-refractivity contribution is 0.190. The Kier molecular flexibility index (Phi) is 4.50. The van der Waals surface area contributed by atoms with Gasteiger partial charge in [0.1, 0.15) is 11.5 Å². The fourth-order valence-electron chi connectivity index (χ4n) is 3.20. The molecular formula is C20H19FN4O. The van der Waals surface area contributed by atoms with Crippen LogP contribution in [-0.4, -0.2) is 33.2 Å². The number of methoxy groups -OCH3 is 1. The van der Waals surface area contributed by atoms with Crippen molar-refractivity contribution in [3.63, 3.8) is 0 Å². The van der Waals surface area contributed by atoms with E-state index in [2.05, 4.69) is 19.5 Å². The number of hydrogen-bond donors (Lipinski definition) is 1. The minimum Gasteiger partial charge on any atom is -0.385 e. The van der Waals surface area contributed by atoms with Crippen LogP contribution in [0.2, 0.25) is 0 Å². The van der Waals surface area contributed by atoms with Gasteiger partial charge in [0.05, 0.1) is 17.7 Å². The number of benzene rings is 1. The molecule has 3 heterocycles. The van der Waals surface area contributed by atoms with Gasteiger partial charge in [-0.1, -0.05) is 0 Å². The molecule has 0 bridgehead atoms. The maximum atomic E-state index is 13.4. The van der Waals surface area contributed by atoms with Crippen LogP contribution in [0.25, 0.3) is 33.5 Å². The van der Waals surface area contributed by atoms with Gasteiger partial charge in [0.15, 0.2) is 0 Å². The number of halogens is 1. The number of nitrogens with zero attached hydrogens (tertiary/aromatic N) is 3. The van der Waals surface area contributed by atoms with E-state index in [0.717, 1.165) is 46.5 Å².